The lowest BCUT2D eigenvalue weighted by molar-refractivity contribution is -0.0818. The Hall–Kier alpha value is -3.23. The average molecular weight is 549 g/mol. The fraction of sp³-hybridized carbons (Fsp3) is 0.440. The Balaban J connectivity index is 1.57. The van der Waals surface area contributed by atoms with Crippen molar-refractivity contribution in [1.29, 1.82) is 0 Å². The van der Waals surface area contributed by atoms with E-state index in [4.69, 9.17) is 14.2 Å². The van der Waals surface area contributed by atoms with Crippen LogP contribution < -0.4 is 15.7 Å². The molecule has 12 nitrogen and oxygen atoms in total. The molecule has 1 aliphatic rings. The first-order valence-electron chi connectivity index (χ1n) is 12.3. The van der Waals surface area contributed by atoms with Crippen molar-refractivity contribution < 1.29 is 32.5 Å². The zero-order chi connectivity index (χ0) is 27.3. The Morgan fingerprint density at radius 1 is 1.16 bits per heavy atom. The van der Waals surface area contributed by atoms with Crippen molar-refractivity contribution in [2.75, 3.05) is 13.2 Å². The number of hydrogen-bond acceptors (Lipinski definition) is 8. The Kier molecular flexibility index (Phi) is 8.84. The third-order valence-electron chi connectivity index (χ3n) is 5.97. The number of aliphatic hydroxyl groups excluding tert-OH is 1. The van der Waals surface area contributed by atoms with Crippen LogP contribution in [0.15, 0.2) is 58.2 Å². The van der Waals surface area contributed by atoms with Gasteiger partial charge in [0.2, 0.25) is 10.0 Å². The summed E-state index contributed by atoms with van der Waals surface area (Å²) in [6.45, 7) is 4.16. The normalized spacial score (nSPS) is 18.4. The van der Waals surface area contributed by atoms with E-state index in [0.717, 1.165) is 5.56 Å². The van der Waals surface area contributed by atoms with E-state index in [0.29, 0.717) is 24.1 Å². The highest BCUT2D eigenvalue weighted by Crippen LogP contribution is 2.18. The number of rotatable bonds is 11. The Morgan fingerprint density at radius 3 is 2.58 bits per heavy atom. The number of aromatic amines is 2. The maximum Gasteiger partial charge on any atom is 0.407 e. The quantitative estimate of drug-likeness (QED) is 0.224. The molecular weight excluding hydrogens is 516 g/mol. The van der Waals surface area contributed by atoms with Crippen LogP contribution in [0.3, 0.4) is 0 Å². The topological polar surface area (TPSA) is 172 Å². The Morgan fingerprint density at radius 2 is 1.89 bits per heavy atom. The maximum absolute atomic E-state index is 13.3. The predicted octanol–water partition coefficient (Wildman–Crippen LogP) is 1.37. The molecule has 0 radical (unpaired) electrons. The molecule has 3 aromatic rings. The number of hydrogen-bond donors (Lipinski definition) is 5. The number of ether oxygens (including phenoxy) is 3. The second kappa shape index (κ2) is 12.1. The number of H-pyrrole nitrogens is 2. The molecule has 0 spiro atoms. The van der Waals surface area contributed by atoms with E-state index in [-0.39, 0.29) is 17.9 Å². The summed E-state index contributed by atoms with van der Waals surface area (Å²) in [6, 6.07) is 12.2. The van der Waals surface area contributed by atoms with Crippen molar-refractivity contribution in [3.8, 4) is 0 Å². The van der Waals surface area contributed by atoms with Crippen molar-refractivity contribution in [2.24, 2.45) is 0 Å². The highest BCUT2D eigenvalue weighted by atomic mass is 32.2. The van der Waals surface area contributed by atoms with Crippen LogP contribution in [0.5, 0.6) is 0 Å². The molecule has 38 heavy (non-hydrogen) atoms. The van der Waals surface area contributed by atoms with Crippen LogP contribution in [0, 0.1) is 0 Å². The summed E-state index contributed by atoms with van der Waals surface area (Å²) in [7, 11) is -4.22. The Labute approximate surface area is 219 Å². The highest BCUT2D eigenvalue weighted by Gasteiger charge is 2.35. The molecule has 0 bridgehead atoms. The van der Waals surface area contributed by atoms with Crippen molar-refractivity contribution in [2.45, 2.75) is 62.2 Å². The molecule has 13 heteroatoms. The summed E-state index contributed by atoms with van der Waals surface area (Å²) in [5, 5.41) is 14.0. The van der Waals surface area contributed by atoms with Gasteiger partial charge in [0.1, 0.15) is 18.4 Å². The van der Waals surface area contributed by atoms with Gasteiger partial charge in [0, 0.05) is 6.42 Å². The summed E-state index contributed by atoms with van der Waals surface area (Å²) >= 11 is 0. The molecule has 0 saturated carbocycles. The number of benzene rings is 2. The smallest absolute Gasteiger partial charge is 0.407 e. The monoisotopic (exact) mass is 548 g/mol. The van der Waals surface area contributed by atoms with E-state index in [9.17, 15) is 23.1 Å². The zero-order valence-corrected chi connectivity index (χ0v) is 21.9. The van der Waals surface area contributed by atoms with Gasteiger partial charge in [-0.15, -0.1) is 0 Å². The number of fused-ring (bicyclic) bond motifs is 1. The molecule has 1 fully saturated rings. The zero-order valence-electron chi connectivity index (χ0n) is 21.0. The number of alkyl carbamates (subject to hydrolysis) is 1. The molecule has 1 aromatic heterocycles. The van der Waals surface area contributed by atoms with Gasteiger partial charge in [0.25, 0.3) is 0 Å². The molecule has 1 unspecified atom stereocenters. The fourth-order valence-corrected chi connectivity index (χ4v) is 5.31. The predicted molar refractivity (Wildman–Crippen MR) is 138 cm³/mol. The van der Waals surface area contributed by atoms with Crippen molar-refractivity contribution in [3.63, 3.8) is 0 Å². The van der Waals surface area contributed by atoms with E-state index in [2.05, 4.69) is 20.0 Å². The molecule has 2 aromatic carbocycles. The molecule has 0 aliphatic carbocycles. The lowest BCUT2D eigenvalue weighted by Gasteiger charge is -2.32. The van der Waals surface area contributed by atoms with Gasteiger partial charge >= 0.3 is 11.8 Å². The number of nitrogens with one attached hydrogen (secondary N) is 4. The van der Waals surface area contributed by atoms with Crippen LogP contribution >= 0.6 is 0 Å². The van der Waals surface area contributed by atoms with Gasteiger partial charge in [-0.25, -0.2) is 18.0 Å². The van der Waals surface area contributed by atoms with Gasteiger partial charge in [-0.3, -0.25) is 0 Å². The summed E-state index contributed by atoms with van der Waals surface area (Å²) < 4.78 is 45.4. The first-order valence-corrected chi connectivity index (χ1v) is 13.8. The largest absolute Gasteiger partial charge is 0.444 e. The lowest BCUT2D eigenvalue weighted by atomic mass is 10.0. The third kappa shape index (κ3) is 7.20. The first-order chi connectivity index (χ1) is 18.1. The summed E-state index contributed by atoms with van der Waals surface area (Å²) in [6.07, 6.45) is -3.82. The van der Waals surface area contributed by atoms with Crippen LogP contribution in [0.2, 0.25) is 0 Å². The van der Waals surface area contributed by atoms with Gasteiger partial charge < -0.3 is 34.6 Å². The van der Waals surface area contributed by atoms with E-state index >= 15 is 0 Å². The first kappa shape index (κ1) is 27.8. The van der Waals surface area contributed by atoms with E-state index in [1.54, 1.807) is 13.8 Å². The number of amides is 1. The second-order valence-corrected chi connectivity index (χ2v) is 11.0. The molecule has 1 amide bonds. The van der Waals surface area contributed by atoms with E-state index in [1.165, 1.54) is 18.2 Å². The average Bonchev–Trinajstić information content (AvgIpc) is 3.50. The fourth-order valence-electron chi connectivity index (χ4n) is 4.15. The minimum atomic E-state index is -4.22. The Bertz CT molecular complexity index is 1380. The number of carbonyl (C=O) groups is 1. The van der Waals surface area contributed by atoms with Crippen LogP contribution in [0.1, 0.15) is 25.8 Å². The number of sulfonamides is 1. The van der Waals surface area contributed by atoms with Crippen molar-refractivity contribution in [3.05, 3.63) is 64.6 Å². The minimum Gasteiger partial charge on any atom is -0.444 e. The summed E-state index contributed by atoms with van der Waals surface area (Å²) in [5.74, 6) is 0. The molecule has 206 valence electrons. The molecule has 1 saturated heterocycles. The lowest BCUT2D eigenvalue weighted by Crippen LogP contribution is -2.56. The number of carbonyl (C=O) groups excluding carboxylic acids is 1. The molecule has 5 N–H and O–H groups in total. The minimum absolute atomic E-state index is 0.141. The van der Waals surface area contributed by atoms with Gasteiger partial charge in [-0.1, -0.05) is 30.3 Å². The molecule has 4 rings (SSSR count). The van der Waals surface area contributed by atoms with E-state index in [1.807, 2.05) is 30.3 Å². The SMILES string of the molecule is CC(C)OC(NS(=O)(=O)c1ccc2[nH]c(=O)[nH]c2c1)[C@H](O)[C@H](Cc1ccccc1)NC(=O)O[C@H]1CCOC1. The van der Waals surface area contributed by atoms with Crippen LogP contribution in [-0.4, -0.2) is 73.4 Å². The van der Waals surface area contributed by atoms with Crippen LogP contribution in [0.4, 0.5) is 4.79 Å². The standard InChI is InChI=1S/C25H32N4O8S/c1-15(2)36-23(29-38(33,34)18-8-9-19-20(13-18)27-24(31)26-19)22(30)21(12-16-6-4-3-5-7-16)28-25(32)37-17-10-11-35-14-17/h3-9,13,15,17,21-23,29-30H,10-12,14H2,1-2H3,(H,28,32)(H2,26,27,31)/t17-,21-,22+,23?/m0/s1. The molecule has 2 heterocycles. The van der Waals surface area contributed by atoms with Gasteiger partial charge in [-0.2, -0.15) is 4.72 Å². The third-order valence-corrected chi connectivity index (χ3v) is 7.39. The van der Waals surface area contributed by atoms with Crippen molar-refractivity contribution >= 4 is 27.1 Å². The second-order valence-electron chi connectivity index (χ2n) is 9.34. The van der Waals surface area contributed by atoms with Crippen molar-refractivity contribution in [1.82, 2.24) is 20.0 Å². The van der Waals surface area contributed by atoms with Gasteiger partial charge in [0.15, 0.2) is 0 Å². The van der Waals surface area contributed by atoms with E-state index < -0.39 is 52.4 Å². The highest BCUT2D eigenvalue weighted by molar-refractivity contribution is 7.89. The van der Waals surface area contributed by atoms with Gasteiger partial charge in [0.05, 0.1) is 41.3 Å². The summed E-state index contributed by atoms with van der Waals surface area (Å²) in [5.41, 5.74) is 1.09. The molecular formula is C25H32N4O8S. The number of aliphatic hydroxyl groups is 1. The number of aromatic nitrogens is 2. The van der Waals surface area contributed by atoms with Crippen LogP contribution in [0.25, 0.3) is 11.0 Å². The molecule has 1 aliphatic heterocycles. The van der Waals surface area contributed by atoms with Crippen LogP contribution in [-0.2, 0) is 30.7 Å². The number of imidazole rings is 1. The maximum atomic E-state index is 13.3. The van der Waals surface area contributed by atoms with Gasteiger partial charge in [-0.05, 0) is 44.0 Å². The molecule has 4 atom stereocenters. The summed E-state index contributed by atoms with van der Waals surface area (Å²) in [4.78, 5) is 29.2.